The molecule has 0 saturated carbocycles. The van der Waals surface area contributed by atoms with Gasteiger partial charge in [0.15, 0.2) is 0 Å². The van der Waals surface area contributed by atoms with Crippen LogP contribution in [0.2, 0.25) is 0 Å². The number of nitrogens with two attached hydrogens (primary N) is 1. The number of methoxy groups -OCH3 is 2. The van der Waals surface area contributed by atoms with E-state index >= 15 is 0 Å². The van der Waals surface area contributed by atoms with E-state index in [0.29, 0.717) is 58.7 Å². The van der Waals surface area contributed by atoms with Gasteiger partial charge in [-0.2, -0.15) is 9.97 Å². The van der Waals surface area contributed by atoms with Crippen molar-refractivity contribution in [2.75, 3.05) is 32.8 Å². The van der Waals surface area contributed by atoms with Crippen molar-refractivity contribution in [1.82, 2.24) is 19.5 Å². The lowest BCUT2D eigenvalue weighted by Gasteiger charge is -2.15. The molecule has 5 N–H and O–H groups in total. The number of hydrogen-bond donors (Lipinski definition) is 4. The number of carbonyl (C=O) groups is 1. The Morgan fingerprint density at radius 2 is 1.80 bits per heavy atom. The van der Waals surface area contributed by atoms with E-state index in [2.05, 4.69) is 10.3 Å². The van der Waals surface area contributed by atoms with Gasteiger partial charge in [0.1, 0.15) is 29.2 Å². The van der Waals surface area contributed by atoms with E-state index in [0.717, 1.165) is 5.56 Å². The molecule has 204 valence electrons. The third-order valence-corrected chi connectivity index (χ3v) is 6.23. The number of fused-ring (bicyclic) bond motifs is 2. The number of anilines is 1. The predicted molar refractivity (Wildman–Crippen MR) is 150 cm³/mol. The van der Waals surface area contributed by atoms with Gasteiger partial charge in [0.25, 0.3) is 5.91 Å². The number of ether oxygens (including phenoxy) is 3. The Morgan fingerprint density at radius 1 is 1.00 bits per heavy atom. The lowest BCUT2D eigenvalue weighted by molar-refractivity contribution is 0.100. The van der Waals surface area contributed by atoms with Crippen molar-refractivity contribution < 1.29 is 29.1 Å². The number of carbonyl (C=O) groups excluding carboxylic acids is 1. The van der Waals surface area contributed by atoms with Gasteiger partial charge in [0, 0.05) is 19.0 Å². The van der Waals surface area contributed by atoms with Crippen molar-refractivity contribution in [1.29, 1.82) is 0 Å². The standard InChI is InChI=1S/C27H27BN6O6/c1-38-12-13-40-21-11-5-9-19-23(21)31-26(33-25(19)30-15-16-6-3-7-17(14-16)28(36)37)34-20-10-4-8-18(24(29)35)22(20)32-27(34)39-2/h3-11,14,36-37H,12-13,15H2,1-2H3,(H2,29,35)(H,30,31,33). The minimum atomic E-state index is -1.58. The molecule has 0 atom stereocenters. The zero-order valence-electron chi connectivity index (χ0n) is 21.9. The largest absolute Gasteiger partial charge is 0.489 e. The van der Waals surface area contributed by atoms with Crippen LogP contribution in [0.1, 0.15) is 15.9 Å². The molecule has 2 aromatic heterocycles. The Kier molecular flexibility index (Phi) is 7.78. The van der Waals surface area contributed by atoms with Crippen LogP contribution in [-0.2, 0) is 11.3 Å². The smallest absolute Gasteiger partial charge is 0.488 e. The third-order valence-electron chi connectivity index (χ3n) is 6.23. The van der Waals surface area contributed by atoms with E-state index in [-0.39, 0.29) is 17.5 Å². The summed E-state index contributed by atoms with van der Waals surface area (Å²) in [6.07, 6.45) is 0. The summed E-state index contributed by atoms with van der Waals surface area (Å²) in [4.78, 5) is 26.2. The molecule has 2 heterocycles. The monoisotopic (exact) mass is 542 g/mol. The number of rotatable bonds is 11. The van der Waals surface area contributed by atoms with Crippen LogP contribution in [-0.4, -0.2) is 70.0 Å². The molecular weight excluding hydrogens is 515 g/mol. The fourth-order valence-electron chi connectivity index (χ4n) is 4.36. The summed E-state index contributed by atoms with van der Waals surface area (Å²) in [6, 6.07) is 17.7. The molecule has 0 fully saturated rings. The van der Waals surface area contributed by atoms with Crippen LogP contribution in [0.15, 0.2) is 60.7 Å². The minimum absolute atomic E-state index is 0.163. The highest BCUT2D eigenvalue weighted by Gasteiger charge is 2.22. The maximum Gasteiger partial charge on any atom is 0.488 e. The second kappa shape index (κ2) is 11.6. The summed E-state index contributed by atoms with van der Waals surface area (Å²) < 4.78 is 18.3. The normalized spacial score (nSPS) is 11.1. The molecule has 5 aromatic rings. The zero-order chi connectivity index (χ0) is 28.2. The first-order valence-electron chi connectivity index (χ1n) is 12.4. The first-order chi connectivity index (χ1) is 19.4. The lowest BCUT2D eigenvalue weighted by Crippen LogP contribution is -2.30. The second-order valence-electron chi connectivity index (χ2n) is 8.81. The highest BCUT2D eigenvalue weighted by molar-refractivity contribution is 6.58. The lowest BCUT2D eigenvalue weighted by atomic mass is 9.80. The van der Waals surface area contributed by atoms with Crippen LogP contribution in [0.25, 0.3) is 27.9 Å². The molecule has 0 bridgehead atoms. The number of para-hydroxylation sites is 2. The number of benzene rings is 3. The van der Waals surface area contributed by atoms with Gasteiger partial charge in [-0.25, -0.2) is 9.55 Å². The number of nitrogens with zero attached hydrogens (tertiary/aromatic N) is 4. The molecule has 1 amide bonds. The number of amides is 1. The Morgan fingerprint density at radius 3 is 2.55 bits per heavy atom. The van der Waals surface area contributed by atoms with Gasteiger partial charge in [0.05, 0.1) is 24.8 Å². The second-order valence-corrected chi connectivity index (χ2v) is 8.81. The summed E-state index contributed by atoms with van der Waals surface area (Å²) in [6.45, 7) is 1.03. The van der Waals surface area contributed by atoms with Crippen molar-refractivity contribution in [3.8, 4) is 17.7 Å². The summed E-state index contributed by atoms with van der Waals surface area (Å²) >= 11 is 0. The first kappa shape index (κ1) is 26.9. The van der Waals surface area contributed by atoms with E-state index in [1.54, 1.807) is 54.1 Å². The summed E-state index contributed by atoms with van der Waals surface area (Å²) in [7, 11) is 1.48. The molecule has 5 rings (SSSR count). The fraction of sp³-hybridized carbons (Fsp3) is 0.185. The molecule has 0 saturated heterocycles. The molecule has 3 aromatic carbocycles. The Bertz CT molecular complexity index is 1690. The summed E-state index contributed by atoms with van der Waals surface area (Å²) in [5.74, 6) is 0.608. The molecule has 0 aliphatic carbocycles. The van der Waals surface area contributed by atoms with Crippen molar-refractivity contribution in [3.05, 3.63) is 71.8 Å². The van der Waals surface area contributed by atoms with E-state index in [9.17, 15) is 14.8 Å². The van der Waals surface area contributed by atoms with Crippen molar-refractivity contribution in [2.45, 2.75) is 6.54 Å². The van der Waals surface area contributed by atoms with Gasteiger partial charge in [-0.3, -0.25) is 4.79 Å². The van der Waals surface area contributed by atoms with Crippen LogP contribution in [0, 0.1) is 0 Å². The topological polar surface area (TPSA) is 167 Å². The summed E-state index contributed by atoms with van der Waals surface area (Å²) in [5.41, 5.74) is 8.43. The van der Waals surface area contributed by atoms with Crippen molar-refractivity contribution >= 4 is 46.2 Å². The molecule has 0 spiro atoms. The van der Waals surface area contributed by atoms with E-state index < -0.39 is 13.0 Å². The van der Waals surface area contributed by atoms with Crippen molar-refractivity contribution in [3.63, 3.8) is 0 Å². The van der Waals surface area contributed by atoms with Gasteiger partial charge >= 0.3 is 13.1 Å². The number of aromatic nitrogens is 4. The third kappa shape index (κ3) is 5.25. The van der Waals surface area contributed by atoms with Crippen LogP contribution in [0.3, 0.4) is 0 Å². The van der Waals surface area contributed by atoms with Gasteiger partial charge in [-0.05, 0) is 35.3 Å². The van der Waals surface area contributed by atoms with Gasteiger partial charge in [0.2, 0.25) is 5.95 Å². The highest BCUT2D eigenvalue weighted by Crippen LogP contribution is 2.33. The first-order valence-corrected chi connectivity index (χ1v) is 12.4. The number of hydrogen-bond acceptors (Lipinski definition) is 10. The maximum atomic E-state index is 12.1. The molecule has 0 aliphatic heterocycles. The van der Waals surface area contributed by atoms with E-state index in [1.165, 1.54) is 7.11 Å². The van der Waals surface area contributed by atoms with Gasteiger partial charge in [-0.1, -0.05) is 36.4 Å². The van der Waals surface area contributed by atoms with Crippen LogP contribution < -0.4 is 26.0 Å². The SMILES string of the molecule is COCCOc1cccc2c(NCc3cccc(B(O)O)c3)nc(-n3c(OC)nc4c(C(N)=O)cccc43)nc12. The van der Waals surface area contributed by atoms with E-state index in [4.69, 9.17) is 29.9 Å². The molecule has 0 radical (unpaired) electrons. The van der Waals surface area contributed by atoms with Crippen LogP contribution in [0.5, 0.6) is 11.8 Å². The van der Waals surface area contributed by atoms with Gasteiger partial charge in [-0.15, -0.1) is 0 Å². The van der Waals surface area contributed by atoms with Crippen LogP contribution in [0.4, 0.5) is 5.82 Å². The maximum absolute atomic E-state index is 12.1. The van der Waals surface area contributed by atoms with Gasteiger partial charge < -0.3 is 35.3 Å². The molecule has 12 nitrogen and oxygen atoms in total. The molecule has 40 heavy (non-hydrogen) atoms. The predicted octanol–water partition coefficient (Wildman–Crippen LogP) is 1.39. The quantitative estimate of drug-likeness (QED) is 0.142. The Balaban J connectivity index is 1.67. The fourth-order valence-corrected chi connectivity index (χ4v) is 4.36. The average Bonchev–Trinajstić information content (AvgIpc) is 3.35. The molecule has 13 heteroatoms. The molecular formula is C27H27BN6O6. The number of imidazole rings is 1. The van der Waals surface area contributed by atoms with E-state index in [1.807, 2.05) is 18.2 Å². The average molecular weight is 542 g/mol. The number of nitrogens with one attached hydrogen (secondary N) is 1. The van der Waals surface area contributed by atoms with Crippen molar-refractivity contribution in [2.24, 2.45) is 5.73 Å². The zero-order valence-corrected chi connectivity index (χ0v) is 21.9. The highest BCUT2D eigenvalue weighted by atomic mass is 16.5. The molecule has 0 unspecified atom stereocenters. The molecule has 0 aliphatic rings. The minimum Gasteiger partial charge on any atom is -0.489 e. The Hall–Kier alpha value is -4.72. The Labute approximate surface area is 229 Å². The number of primary amides is 1. The van der Waals surface area contributed by atoms with Crippen LogP contribution >= 0.6 is 0 Å². The summed E-state index contributed by atoms with van der Waals surface area (Å²) in [5, 5.41) is 23.2.